The Morgan fingerprint density at radius 2 is 1.87 bits per heavy atom. The quantitative estimate of drug-likeness (QED) is 0.745. The molecule has 2 N–H and O–H groups in total. The third kappa shape index (κ3) is 5.65. The second-order valence-electron chi connectivity index (χ2n) is 7.24. The number of hydrogen-bond donors (Lipinski definition) is 2. The average molecular weight is 317 g/mol. The van der Waals surface area contributed by atoms with Crippen molar-refractivity contribution >= 4 is 5.91 Å². The van der Waals surface area contributed by atoms with E-state index in [0.717, 1.165) is 51.9 Å². The first-order valence-electron chi connectivity index (χ1n) is 9.30. The van der Waals surface area contributed by atoms with E-state index in [0.29, 0.717) is 5.92 Å². The summed E-state index contributed by atoms with van der Waals surface area (Å²) < 4.78 is 0. The minimum absolute atomic E-state index is 0.235. The van der Waals surface area contributed by atoms with Crippen LogP contribution in [0.2, 0.25) is 0 Å². The van der Waals surface area contributed by atoms with Crippen molar-refractivity contribution < 1.29 is 9.69 Å². The van der Waals surface area contributed by atoms with E-state index in [1.54, 1.807) is 4.90 Å². The highest BCUT2D eigenvalue weighted by Crippen LogP contribution is 2.15. The maximum absolute atomic E-state index is 12.1. The van der Waals surface area contributed by atoms with Gasteiger partial charge in [0.25, 0.3) is 0 Å². The van der Waals surface area contributed by atoms with Crippen molar-refractivity contribution in [1.82, 2.24) is 5.32 Å². The molecule has 1 amide bonds. The Balaban J connectivity index is 1.75. The number of unbranched alkanes of at least 4 members (excludes halogenated alkanes) is 1. The number of carbonyl (C=O) groups is 1. The number of quaternary nitrogens is 1. The number of carbonyl (C=O) groups excluding carboxylic acids is 1. The lowest BCUT2D eigenvalue weighted by atomic mass is 9.95. The van der Waals surface area contributed by atoms with Crippen LogP contribution in [-0.4, -0.2) is 25.5 Å². The highest BCUT2D eigenvalue weighted by atomic mass is 16.1. The fraction of sp³-hybridized carbons (Fsp3) is 0.650. The Morgan fingerprint density at radius 3 is 2.43 bits per heavy atom. The third-order valence-electron chi connectivity index (χ3n) is 4.99. The summed E-state index contributed by atoms with van der Waals surface area (Å²) in [5.74, 6) is 1.11. The first-order valence-corrected chi connectivity index (χ1v) is 9.30. The van der Waals surface area contributed by atoms with Gasteiger partial charge in [-0.3, -0.25) is 4.79 Å². The Bertz CT molecular complexity index is 473. The van der Waals surface area contributed by atoms with Crippen molar-refractivity contribution in [2.24, 2.45) is 5.92 Å². The lowest BCUT2D eigenvalue weighted by molar-refractivity contribution is -0.919. The molecular weight excluding hydrogens is 284 g/mol. The molecular formula is C20H33N2O+. The summed E-state index contributed by atoms with van der Waals surface area (Å²) in [4.78, 5) is 13.7. The van der Waals surface area contributed by atoms with Gasteiger partial charge in [-0.1, -0.05) is 51.5 Å². The van der Waals surface area contributed by atoms with Gasteiger partial charge in [-0.2, -0.15) is 0 Å². The maximum atomic E-state index is 12.1. The van der Waals surface area contributed by atoms with Gasteiger partial charge in [-0.05, 0) is 17.9 Å². The fourth-order valence-electron chi connectivity index (χ4n) is 3.31. The number of nitrogens with one attached hydrogen (secondary N) is 2. The normalized spacial score (nSPS) is 21.4. The van der Waals surface area contributed by atoms with Gasteiger partial charge in [0, 0.05) is 30.9 Å². The lowest BCUT2D eigenvalue weighted by Crippen LogP contribution is -3.11. The van der Waals surface area contributed by atoms with Crippen LogP contribution in [0.4, 0.5) is 0 Å². The first kappa shape index (κ1) is 18.0. The number of piperidine rings is 1. The molecule has 0 saturated carbocycles. The molecule has 128 valence electrons. The molecule has 1 aliphatic heterocycles. The molecule has 1 heterocycles. The van der Waals surface area contributed by atoms with Gasteiger partial charge in [0.2, 0.25) is 5.91 Å². The topological polar surface area (TPSA) is 33.5 Å². The van der Waals surface area contributed by atoms with Gasteiger partial charge in [0.15, 0.2) is 0 Å². The van der Waals surface area contributed by atoms with Gasteiger partial charge in [0.1, 0.15) is 6.54 Å². The molecule has 23 heavy (non-hydrogen) atoms. The van der Waals surface area contributed by atoms with Crippen LogP contribution in [0.15, 0.2) is 24.3 Å². The van der Waals surface area contributed by atoms with E-state index in [4.69, 9.17) is 0 Å². The zero-order chi connectivity index (χ0) is 16.7. The van der Waals surface area contributed by atoms with Crippen molar-refractivity contribution in [1.29, 1.82) is 0 Å². The molecule has 2 rings (SSSR count). The molecule has 0 atom stereocenters. The van der Waals surface area contributed by atoms with Crippen molar-refractivity contribution in [3.63, 3.8) is 0 Å². The van der Waals surface area contributed by atoms with Gasteiger partial charge in [-0.25, -0.2) is 0 Å². The monoisotopic (exact) mass is 317 g/mol. The van der Waals surface area contributed by atoms with E-state index in [-0.39, 0.29) is 11.8 Å². The summed E-state index contributed by atoms with van der Waals surface area (Å²) in [6, 6.07) is 9.05. The minimum Gasteiger partial charge on any atom is -0.356 e. The van der Waals surface area contributed by atoms with E-state index in [2.05, 4.69) is 50.4 Å². The van der Waals surface area contributed by atoms with E-state index >= 15 is 0 Å². The zero-order valence-electron chi connectivity index (χ0n) is 15.0. The molecule has 0 radical (unpaired) electrons. The molecule has 1 aliphatic rings. The van der Waals surface area contributed by atoms with Crippen LogP contribution in [0.25, 0.3) is 0 Å². The molecule has 3 heteroatoms. The first-order chi connectivity index (χ1) is 11.1. The Labute approximate surface area is 141 Å². The highest BCUT2D eigenvalue weighted by molar-refractivity contribution is 5.78. The van der Waals surface area contributed by atoms with Crippen molar-refractivity contribution in [3.05, 3.63) is 35.4 Å². The standard InChI is InChI=1S/C20H32N2O/c1-4-5-12-21-20(23)19-10-13-22(14-11-19)15-17-6-8-18(9-7-17)16(2)3/h6-9,16,19H,4-5,10-15H2,1-3H3,(H,21,23)/p+1. The smallest absolute Gasteiger partial charge is 0.223 e. The number of likely N-dealkylation sites (tertiary alicyclic amines) is 1. The SMILES string of the molecule is CCCCNC(=O)C1CC[NH+](Cc2ccc(C(C)C)cc2)CC1. The Hall–Kier alpha value is -1.35. The van der Waals surface area contributed by atoms with Crippen LogP contribution in [0.1, 0.15) is 63.5 Å². The summed E-state index contributed by atoms with van der Waals surface area (Å²) in [6.45, 7) is 10.8. The van der Waals surface area contributed by atoms with Crippen LogP contribution in [0.5, 0.6) is 0 Å². The molecule has 3 nitrogen and oxygen atoms in total. The largest absolute Gasteiger partial charge is 0.356 e. The number of amides is 1. The summed E-state index contributed by atoms with van der Waals surface area (Å²) in [5, 5.41) is 3.09. The van der Waals surface area contributed by atoms with Gasteiger partial charge < -0.3 is 10.2 Å². The molecule has 0 aromatic heterocycles. The lowest BCUT2D eigenvalue weighted by Gasteiger charge is -2.28. The molecule has 0 aliphatic carbocycles. The molecule has 0 bridgehead atoms. The van der Waals surface area contributed by atoms with Crippen molar-refractivity contribution in [2.45, 2.75) is 58.9 Å². The van der Waals surface area contributed by atoms with Gasteiger partial charge in [0.05, 0.1) is 13.1 Å². The van der Waals surface area contributed by atoms with Gasteiger partial charge >= 0.3 is 0 Å². The molecule has 0 unspecified atom stereocenters. The Kier molecular flexibility index (Phi) is 7.10. The molecule has 1 saturated heterocycles. The number of benzene rings is 1. The number of rotatable bonds is 7. The summed E-state index contributed by atoms with van der Waals surface area (Å²) in [6.07, 6.45) is 4.27. The summed E-state index contributed by atoms with van der Waals surface area (Å²) in [5.41, 5.74) is 2.82. The van der Waals surface area contributed by atoms with E-state index in [9.17, 15) is 4.79 Å². The van der Waals surface area contributed by atoms with Crippen molar-refractivity contribution in [2.75, 3.05) is 19.6 Å². The zero-order valence-corrected chi connectivity index (χ0v) is 15.0. The molecule has 1 aromatic rings. The fourth-order valence-corrected chi connectivity index (χ4v) is 3.31. The van der Waals surface area contributed by atoms with Gasteiger partial charge in [-0.15, -0.1) is 0 Å². The van der Waals surface area contributed by atoms with Crippen LogP contribution >= 0.6 is 0 Å². The van der Waals surface area contributed by atoms with Crippen LogP contribution < -0.4 is 10.2 Å². The van der Waals surface area contributed by atoms with Crippen LogP contribution in [0.3, 0.4) is 0 Å². The summed E-state index contributed by atoms with van der Waals surface area (Å²) >= 11 is 0. The average Bonchev–Trinajstić information content (AvgIpc) is 2.56. The Morgan fingerprint density at radius 1 is 1.22 bits per heavy atom. The highest BCUT2D eigenvalue weighted by Gasteiger charge is 2.27. The predicted octanol–water partition coefficient (Wildman–Crippen LogP) is 2.52. The predicted molar refractivity (Wildman–Crippen MR) is 95.6 cm³/mol. The molecule has 1 fully saturated rings. The van der Waals surface area contributed by atoms with Crippen LogP contribution in [-0.2, 0) is 11.3 Å². The molecule has 1 aromatic carbocycles. The maximum Gasteiger partial charge on any atom is 0.223 e. The van der Waals surface area contributed by atoms with E-state index in [1.807, 2.05) is 0 Å². The van der Waals surface area contributed by atoms with Crippen molar-refractivity contribution in [3.8, 4) is 0 Å². The van der Waals surface area contributed by atoms with E-state index in [1.165, 1.54) is 11.1 Å². The minimum atomic E-state index is 0.235. The third-order valence-corrected chi connectivity index (χ3v) is 4.99. The second kappa shape index (κ2) is 9.07. The summed E-state index contributed by atoms with van der Waals surface area (Å²) in [7, 11) is 0. The second-order valence-corrected chi connectivity index (χ2v) is 7.24. The molecule has 0 spiro atoms. The number of hydrogen-bond acceptors (Lipinski definition) is 1. The van der Waals surface area contributed by atoms with Crippen LogP contribution in [0, 0.1) is 5.92 Å². The van der Waals surface area contributed by atoms with E-state index < -0.39 is 0 Å².